The molecular formula is C18H22BrNS. The van der Waals surface area contributed by atoms with E-state index >= 15 is 0 Å². The molecule has 1 nitrogen and oxygen atoms in total. The largest absolute Gasteiger partial charge is 0.241 e. The summed E-state index contributed by atoms with van der Waals surface area (Å²) in [4.78, 5) is 6.36. The zero-order valence-electron chi connectivity index (χ0n) is 12.7. The van der Waals surface area contributed by atoms with E-state index in [1.807, 2.05) is 11.3 Å². The second-order valence-corrected chi connectivity index (χ2v) is 8.25. The summed E-state index contributed by atoms with van der Waals surface area (Å²) >= 11 is 5.41. The Morgan fingerprint density at radius 1 is 1.24 bits per heavy atom. The van der Waals surface area contributed by atoms with Crippen LogP contribution in [0.15, 0.2) is 28.7 Å². The minimum absolute atomic E-state index is 0.691. The van der Waals surface area contributed by atoms with Gasteiger partial charge >= 0.3 is 0 Å². The van der Waals surface area contributed by atoms with Crippen molar-refractivity contribution in [3.8, 4) is 11.3 Å². The summed E-state index contributed by atoms with van der Waals surface area (Å²) in [6.45, 7) is 4.53. The Balaban J connectivity index is 1.85. The van der Waals surface area contributed by atoms with Crippen molar-refractivity contribution in [1.29, 1.82) is 0 Å². The van der Waals surface area contributed by atoms with Crippen LogP contribution in [0.2, 0.25) is 0 Å². The third-order valence-electron chi connectivity index (χ3n) is 4.64. The summed E-state index contributed by atoms with van der Waals surface area (Å²) in [6, 6.07) is 8.51. The molecule has 3 heteroatoms. The molecule has 3 rings (SSSR count). The maximum absolute atomic E-state index is 5.01. The highest BCUT2D eigenvalue weighted by Gasteiger charge is 2.25. The highest BCUT2D eigenvalue weighted by molar-refractivity contribution is 9.10. The number of thiazole rings is 1. The van der Waals surface area contributed by atoms with Crippen molar-refractivity contribution in [1.82, 2.24) is 4.98 Å². The van der Waals surface area contributed by atoms with Crippen molar-refractivity contribution in [3.05, 3.63) is 38.6 Å². The number of aromatic nitrogens is 1. The second-order valence-electron chi connectivity index (χ2n) is 6.10. The van der Waals surface area contributed by atoms with E-state index < -0.39 is 0 Å². The van der Waals surface area contributed by atoms with Crippen molar-refractivity contribution in [2.45, 2.75) is 51.9 Å². The molecule has 1 fully saturated rings. The maximum Gasteiger partial charge on any atom is 0.0966 e. The zero-order chi connectivity index (χ0) is 14.8. The molecule has 0 saturated heterocycles. The molecule has 21 heavy (non-hydrogen) atoms. The first-order valence-corrected chi connectivity index (χ1v) is 9.51. The van der Waals surface area contributed by atoms with Crippen LogP contribution in [0.25, 0.3) is 11.3 Å². The fraction of sp³-hybridized carbons (Fsp3) is 0.500. The van der Waals surface area contributed by atoms with E-state index in [0.717, 1.165) is 10.4 Å². The van der Waals surface area contributed by atoms with Crippen LogP contribution in [0.5, 0.6) is 0 Å². The molecule has 0 aliphatic heterocycles. The number of halogens is 1. The fourth-order valence-corrected chi connectivity index (χ4v) is 4.71. The monoisotopic (exact) mass is 363 g/mol. The number of hydrogen-bond acceptors (Lipinski definition) is 2. The number of aryl methyl sites for hydroxylation is 1. The van der Waals surface area contributed by atoms with Gasteiger partial charge < -0.3 is 0 Å². The van der Waals surface area contributed by atoms with E-state index in [-0.39, 0.29) is 0 Å². The van der Waals surface area contributed by atoms with Crippen LogP contribution in [0.4, 0.5) is 0 Å². The molecule has 112 valence electrons. The molecule has 2 atom stereocenters. The predicted octanol–water partition coefficient (Wildman–Crippen LogP) is 6.56. The normalized spacial score (nSPS) is 22.4. The zero-order valence-corrected chi connectivity index (χ0v) is 15.1. The van der Waals surface area contributed by atoms with Gasteiger partial charge in [0.05, 0.1) is 10.7 Å². The molecule has 2 aromatic rings. The van der Waals surface area contributed by atoms with Gasteiger partial charge in [0.1, 0.15) is 0 Å². The average Bonchev–Trinajstić information content (AvgIpc) is 2.90. The van der Waals surface area contributed by atoms with E-state index in [9.17, 15) is 0 Å². The first-order valence-electron chi connectivity index (χ1n) is 7.90. The molecule has 0 bridgehead atoms. The molecule has 1 aromatic carbocycles. The number of hydrogen-bond donors (Lipinski definition) is 0. The van der Waals surface area contributed by atoms with Crippen molar-refractivity contribution in [2.75, 3.05) is 0 Å². The van der Waals surface area contributed by atoms with E-state index in [1.54, 1.807) is 0 Å². The summed E-state index contributed by atoms with van der Waals surface area (Å²) in [5.41, 5.74) is 2.42. The van der Waals surface area contributed by atoms with Gasteiger partial charge in [0.2, 0.25) is 0 Å². The average molecular weight is 364 g/mol. The molecule has 1 aliphatic rings. The van der Waals surface area contributed by atoms with E-state index in [0.29, 0.717) is 5.92 Å². The predicted molar refractivity (Wildman–Crippen MR) is 95.0 cm³/mol. The summed E-state index contributed by atoms with van der Waals surface area (Å²) in [6.07, 6.45) is 6.76. The SMILES string of the molecule is CCC1CCCC(c2nc(-c3ccc(Br)cc3)c(C)s2)C1. The van der Waals surface area contributed by atoms with Gasteiger partial charge in [0.15, 0.2) is 0 Å². The Bertz CT molecular complexity index is 602. The third kappa shape index (κ3) is 3.40. The standard InChI is InChI=1S/C18H22BrNS/c1-3-13-5-4-6-15(11-13)18-20-17(12(2)21-18)14-7-9-16(19)10-8-14/h7-10,13,15H,3-6,11H2,1-2H3. The molecular weight excluding hydrogens is 342 g/mol. The van der Waals surface area contributed by atoms with Gasteiger partial charge in [-0.1, -0.05) is 54.2 Å². The molecule has 0 spiro atoms. The fourth-order valence-electron chi connectivity index (χ4n) is 3.35. The first kappa shape index (κ1) is 15.2. The van der Waals surface area contributed by atoms with E-state index in [1.165, 1.54) is 53.2 Å². The highest BCUT2D eigenvalue weighted by atomic mass is 79.9. The number of rotatable bonds is 3. The van der Waals surface area contributed by atoms with Crippen LogP contribution in [0, 0.1) is 12.8 Å². The Labute approximate surface area is 139 Å². The molecule has 1 aromatic heterocycles. The molecule has 0 N–H and O–H groups in total. The third-order valence-corrected chi connectivity index (χ3v) is 6.30. The maximum atomic E-state index is 5.01. The van der Waals surface area contributed by atoms with Gasteiger partial charge in [-0.2, -0.15) is 0 Å². The van der Waals surface area contributed by atoms with Crippen molar-refractivity contribution in [2.24, 2.45) is 5.92 Å². The minimum Gasteiger partial charge on any atom is -0.241 e. The Kier molecular flexibility index (Phi) is 4.80. The number of benzene rings is 1. The Morgan fingerprint density at radius 2 is 2.00 bits per heavy atom. The van der Waals surface area contributed by atoms with E-state index in [2.05, 4.69) is 54.0 Å². The van der Waals surface area contributed by atoms with Crippen molar-refractivity contribution >= 4 is 27.3 Å². The molecule has 0 amide bonds. The quantitative estimate of drug-likeness (QED) is 0.601. The van der Waals surface area contributed by atoms with Crippen LogP contribution in [-0.4, -0.2) is 4.98 Å². The van der Waals surface area contributed by atoms with Crippen LogP contribution in [0.1, 0.15) is 54.8 Å². The summed E-state index contributed by atoms with van der Waals surface area (Å²) in [7, 11) is 0. The van der Waals surface area contributed by atoms with Crippen molar-refractivity contribution in [3.63, 3.8) is 0 Å². The van der Waals surface area contributed by atoms with Crippen LogP contribution < -0.4 is 0 Å². The van der Waals surface area contributed by atoms with Crippen LogP contribution in [0.3, 0.4) is 0 Å². The highest BCUT2D eigenvalue weighted by Crippen LogP contribution is 2.41. The van der Waals surface area contributed by atoms with Gasteiger partial charge in [0, 0.05) is 20.8 Å². The van der Waals surface area contributed by atoms with Crippen LogP contribution >= 0.6 is 27.3 Å². The van der Waals surface area contributed by atoms with Gasteiger partial charge in [-0.25, -0.2) is 4.98 Å². The topological polar surface area (TPSA) is 12.9 Å². The number of nitrogens with zero attached hydrogens (tertiary/aromatic N) is 1. The van der Waals surface area contributed by atoms with Gasteiger partial charge in [-0.3, -0.25) is 0 Å². The van der Waals surface area contributed by atoms with Gasteiger partial charge in [-0.05, 0) is 37.8 Å². The molecule has 2 unspecified atom stereocenters. The molecule has 1 saturated carbocycles. The summed E-state index contributed by atoms with van der Waals surface area (Å²) < 4.78 is 1.12. The Morgan fingerprint density at radius 3 is 2.71 bits per heavy atom. The molecule has 1 heterocycles. The second kappa shape index (κ2) is 6.62. The summed E-state index contributed by atoms with van der Waals surface area (Å²) in [5.74, 6) is 1.60. The lowest BCUT2D eigenvalue weighted by atomic mass is 9.80. The Hall–Kier alpha value is -0.670. The summed E-state index contributed by atoms with van der Waals surface area (Å²) in [5, 5.41) is 1.36. The van der Waals surface area contributed by atoms with Gasteiger partial charge in [0.25, 0.3) is 0 Å². The van der Waals surface area contributed by atoms with Gasteiger partial charge in [-0.15, -0.1) is 11.3 Å². The lowest BCUT2D eigenvalue weighted by molar-refractivity contribution is 0.314. The lowest BCUT2D eigenvalue weighted by Crippen LogP contribution is -2.13. The smallest absolute Gasteiger partial charge is 0.0966 e. The minimum atomic E-state index is 0.691. The van der Waals surface area contributed by atoms with E-state index in [4.69, 9.17) is 4.98 Å². The lowest BCUT2D eigenvalue weighted by Gasteiger charge is -2.26. The molecule has 1 aliphatic carbocycles. The van der Waals surface area contributed by atoms with Crippen molar-refractivity contribution < 1.29 is 0 Å². The van der Waals surface area contributed by atoms with Crippen LogP contribution in [-0.2, 0) is 0 Å². The first-order chi connectivity index (χ1) is 10.2. The molecule has 0 radical (unpaired) electrons.